The molecule has 2 heterocycles. The van der Waals surface area contributed by atoms with Gasteiger partial charge in [0.1, 0.15) is 38.5 Å². The molecular weight excluding hydrogens is 368 g/mol. The van der Waals surface area contributed by atoms with E-state index in [9.17, 15) is 9.59 Å². The molecule has 29 heavy (non-hydrogen) atoms. The van der Waals surface area contributed by atoms with E-state index >= 15 is 0 Å². The van der Waals surface area contributed by atoms with Crippen LogP contribution in [0.3, 0.4) is 0 Å². The van der Waals surface area contributed by atoms with Crippen LogP contribution in [0, 0.1) is 6.92 Å². The minimum atomic E-state index is -0.181. The normalized spacial score (nSPS) is 19.0. The van der Waals surface area contributed by atoms with Crippen molar-refractivity contribution in [2.24, 2.45) is 0 Å². The molecular formula is C22H32N4O3+2. The van der Waals surface area contributed by atoms with E-state index in [-0.39, 0.29) is 18.4 Å². The zero-order valence-corrected chi connectivity index (χ0v) is 17.4. The fourth-order valence-electron chi connectivity index (χ4n) is 3.70. The summed E-state index contributed by atoms with van der Waals surface area (Å²) in [5.41, 5.74) is 2.75. The number of piperazine rings is 1. The summed E-state index contributed by atoms with van der Waals surface area (Å²) in [5.74, 6) is 0.526. The van der Waals surface area contributed by atoms with Crippen LogP contribution >= 0.6 is 0 Å². The van der Waals surface area contributed by atoms with Gasteiger partial charge >= 0.3 is 0 Å². The maximum absolute atomic E-state index is 12.5. The largest absolute Gasteiger partial charge is 0.467 e. The fraction of sp³-hybridized carbons (Fsp3) is 0.455. The van der Waals surface area contributed by atoms with Crippen molar-refractivity contribution in [1.29, 1.82) is 0 Å². The number of carbonyl (C=O) groups is 2. The summed E-state index contributed by atoms with van der Waals surface area (Å²) in [6.07, 6.45) is 1.57. The highest BCUT2D eigenvalue weighted by Gasteiger charge is 2.26. The number of carbonyl (C=O) groups excluding carboxylic acids is 2. The number of furan rings is 1. The van der Waals surface area contributed by atoms with Gasteiger partial charge in [0, 0.05) is 12.6 Å². The van der Waals surface area contributed by atoms with Crippen LogP contribution in [0.4, 0.5) is 0 Å². The lowest BCUT2D eigenvalue weighted by atomic mass is 10.1. The lowest BCUT2D eigenvalue weighted by molar-refractivity contribution is -1.02. The second-order valence-corrected chi connectivity index (χ2v) is 7.89. The number of aryl methyl sites for hydroxylation is 1. The molecule has 1 aliphatic rings. The summed E-state index contributed by atoms with van der Waals surface area (Å²) >= 11 is 0. The summed E-state index contributed by atoms with van der Waals surface area (Å²) in [7, 11) is 1.69. The van der Waals surface area contributed by atoms with E-state index in [0.29, 0.717) is 18.8 Å². The summed E-state index contributed by atoms with van der Waals surface area (Å²) in [4.78, 5) is 28.9. The number of hydrogen-bond donors (Lipinski definition) is 3. The molecule has 1 aliphatic heterocycles. The number of likely N-dealkylation sites (N-methyl/N-ethyl adjacent to an activating group) is 1. The molecule has 1 aromatic heterocycles. The summed E-state index contributed by atoms with van der Waals surface area (Å²) in [5, 5.41) is 2.77. The molecule has 1 saturated heterocycles. The maximum Gasteiger partial charge on any atom is 0.277 e. The topological polar surface area (TPSA) is 71.4 Å². The van der Waals surface area contributed by atoms with Crippen molar-refractivity contribution in [2.75, 3.05) is 46.3 Å². The second kappa shape index (κ2) is 10.2. The first-order valence-electron chi connectivity index (χ1n) is 10.3. The summed E-state index contributed by atoms with van der Waals surface area (Å²) in [6.45, 7) is 8.13. The third-order valence-electron chi connectivity index (χ3n) is 5.61. The average molecular weight is 401 g/mol. The highest BCUT2D eigenvalue weighted by Crippen LogP contribution is 2.04. The molecule has 1 aromatic carbocycles. The molecule has 0 saturated carbocycles. The Morgan fingerprint density at radius 2 is 1.79 bits per heavy atom. The van der Waals surface area contributed by atoms with Gasteiger partial charge in [-0.25, -0.2) is 0 Å². The minimum Gasteiger partial charge on any atom is -0.467 e. The monoisotopic (exact) mass is 400 g/mol. The lowest BCUT2D eigenvalue weighted by Crippen LogP contribution is -3.28. The molecule has 0 unspecified atom stereocenters. The quantitative estimate of drug-likeness (QED) is 0.513. The predicted molar refractivity (Wildman–Crippen MR) is 109 cm³/mol. The first-order valence-corrected chi connectivity index (χ1v) is 10.3. The van der Waals surface area contributed by atoms with Gasteiger partial charge in [0.25, 0.3) is 5.91 Å². The van der Waals surface area contributed by atoms with Gasteiger partial charge in [0.15, 0.2) is 6.54 Å². The van der Waals surface area contributed by atoms with Gasteiger partial charge in [-0.15, -0.1) is 0 Å². The Kier molecular flexibility index (Phi) is 7.43. The molecule has 2 amide bonds. The van der Waals surface area contributed by atoms with Crippen molar-refractivity contribution in [3.05, 3.63) is 59.5 Å². The van der Waals surface area contributed by atoms with Crippen LogP contribution in [0.5, 0.6) is 0 Å². The molecule has 3 rings (SSSR count). The van der Waals surface area contributed by atoms with Crippen LogP contribution in [0.15, 0.2) is 47.1 Å². The number of hydrogen-bond acceptors (Lipinski definition) is 3. The Balaban J connectivity index is 1.36. The van der Waals surface area contributed by atoms with Crippen LogP contribution in [0.1, 0.15) is 16.9 Å². The predicted octanol–water partition coefficient (Wildman–Crippen LogP) is -1.35. The number of benzene rings is 1. The van der Waals surface area contributed by atoms with E-state index in [1.165, 1.54) is 20.9 Å². The van der Waals surface area contributed by atoms with Gasteiger partial charge in [-0.05, 0) is 24.6 Å². The van der Waals surface area contributed by atoms with E-state index in [0.717, 1.165) is 32.7 Å². The second-order valence-electron chi connectivity index (χ2n) is 7.89. The number of quaternary nitrogens is 2. The van der Waals surface area contributed by atoms with E-state index in [1.54, 1.807) is 30.3 Å². The smallest absolute Gasteiger partial charge is 0.277 e. The van der Waals surface area contributed by atoms with Gasteiger partial charge in [0.05, 0.1) is 19.4 Å². The molecule has 7 heteroatoms. The van der Waals surface area contributed by atoms with E-state index in [1.807, 2.05) is 0 Å². The standard InChI is InChI=1S/C22H30N4O3/c1-18-6-3-4-7-19(18)15-25-9-11-26(12-10-25)17-22(28)24(2)16-21(27)23-14-20-8-5-13-29-20/h3-8,13H,9-12,14-17H2,1-2H3,(H,23,27)/p+2. The van der Waals surface area contributed by atoms with Crippen LogP contribution in [0.25, 0.3) is 0 Å². The average Bonchev–Trinajstić information content (AvgIpc) is 3.23. The van der Waals surface area contributed by atoms with Crippen molar-refractivity contribution in [3.8, 4) is 0 Å². The third kappa shape index (κ3) is 6.44. The minimum absolute atomic E-state index is 0.00972. The SMILES string of the molecule is Cc1ccccc1C[NH+]1CC[NH+](CC(=O)N(C)CC(=O)NCc2ccco2)CC1. The molecule has 0 radical (unpaired) electrons. The van der Waals surface area contributed by atoms with Crippen molar-refractivity contribution < 1.29 is 23.8 Å². The molecule has 7 nitrogen and oxygen atoms in total. The lowest BCUT2D eigenvalue weighted by Gasteiger charge is -2.30. The van der Waals surface area contributed by atoms with Crippen molar-refractivity contribution in [1.82, 2.24) is 10.2 Å². The molecule has 2 aromatic rings. The highest BCUT2D eigenvalue weighted by molar-refractivity contribution is 5.84. The van der Waals surface area contributed by atoms with Crippen LogP contribution in [0.2, 0.25) is 0 Å². The molecule has 156 valence electrons. The number of rotatable bonds is 8. The molecule has 3 N–H and O–H groups in total. The molecule has 1 fully saturated rings. The van der Waals surface area contributed by atoms with Gasteiger partial charge in [0.2, 0.25) is 5.91 Å². The Morgan fingerprint density at radius 1 is 1.07 bits per heavy atom. The first kappa shape index (κ1) is 21.1. The summed E-state index contributed by atoms with van der Waals surface area (Å²) < 4.78 is 5.19. The zero-order chi connectivity index (χ0) is 20.6. The Bertz CT molecular complexity index is 798. The highest BCUT2D eigenvalue weighted by atomic mass is 16.3. The van der Waals surface area contributed by atoms with E-state index in [2.05, 4.69) is 36.5 Å². The molecule has 0 spiro atoms. The molecule has 0 bridgehead atoms. The van der Waals surface area contributed by atoms with Gasteiger partial charge in [-0.2, -0.15) is 0 Å². The summed E-state index contributed by atoms with van der Waals surface area (Å²) in [6, 6.07) is 12.1. The molecule has 0 atom stereocenters. The fourth-order valence-corrected chi connectivity index (χ4v) is 3.70. The van der Waals surface area contributed by atoms with Gasteiger partial charge in [-0.1, -0.05) is 24.3 Å². The van der Waals surface area contributed by atoms with Crippen molar-refractivity contribution in [3.63, 3.8) is 0 Å². The zero-order valence-electron chi connectivity index (χ0n) is 17.4. The number of nitrogens with one attached hydrogen (secondary N) is 3. The number of nitrogens with zero attached hydrogens (tertiary/aromatic N) is 1. The van der Waals surface area contributed by atoms with Crippen molar-refractivity contribution in [2.45, 2.75) is 20.0 Å². The van der Waals surface area contributed by atoms with E-state index < -0.39 is 0 Å². The van der Waals surface area contributed by atoms with Crippen LogP contribution in [-0.4, -0.2) is 63.0 Å². The van der Waals surface area contributed by atoms with E-state index in [4.69, 9.17) is 4.42 Å². The van der Waals surface area contributed by atoms with Gasteiger partial charge in [-0.3, -0.25) is 9.59 Å². The van der Waals surface area contributed by atoms with Crippen molar-refractivity contribution >= 4 is 11.8 Å². The third-order valence-corrected chi connectivity index (χ3v) is 5.61. The van der Waals surface area contributed by atoms with Gasteiger partial charge < -0.3 is 24.4 Å². The Labute approximate surface area is 172 Å². The van der Waals surface area contributed by atoms with Crippen LogP contribution in [-0.2, 0) is 22.7 Å². The maximum atomic E-state index is 12.5. The Morgan fingerprint density at radius 3 is 2.48 bits per heavy atom. The molecule has 0 aliphatic carbocycles. The first-order chi connectivity index (χ1) is 14.0. The Hall–Kier alpha value is -2.64. The number of amides is 2. The van der Waals surface area contributed by atoms with Crippen LogP contribution < -0.4 is 15.1 Å².